The van der Waals surface area contributed by atoms with E-state index in [1.165, 1.54) is 11.3 Å². The summed E-state index contributed by atoms with van der Waals surface area (Å²) in [5, 5.41) is 13.8. The zero-order valence-electron chi connectivity index (χ0n) is 14.6. The van der Waals surface area contributed by atoms with Gasteiger partial charge in [-0.05, 0) is 23.4 Å². The van der Waals surface area contributed by atoms with Gasteiger partial charge in [0.2, 0.25) is 0 Å². The summed E-state index contributed by atoms with van der Waals surface area (Å²) in [6.45, 7) is 2.55. The number of Topliss-reactive ketones (excluding diaryl/α,β-unsaturated/α-hetero) is 1. The van der Waals surface area contributed by atoms with Crippen LogP contribution in [0.2, 0.25) is 0 Å². The Bertz CT molecular complexity index is 802. The van der Waals surface area contributed by atoms with Crippen molar-refractivity contribution < 1.29 is 24.0 Å². The molecule has 1 aliphatic heterocycles. The third kappa shape index (κ3) is 3.10. The van der Waals surface area contributed by atoms with Gasteiger partial charge in [-0.1, -0.05) is 43.3 Å². The van der Waals surface area contributed by atoms with E-state index in [4.69, 9.17) is 0 Å². The van der Waals surface area contributed by atoms with Crippen LogP contribution in [0.5, 0.6) is 0 Å². The topological polar surface area (TPSA) is 74.3 Å². The number of aliphatic carboxylic acids is 1. The van der Waals surface area contributed by atoms with E-state index in [-0.39, 0.29) is 10.4 Å². The van der Waals surface area contributed by atoms with Crippen molar-refractivity contribution >= 4 is 29.0 Å². The smallest absolute Gasteiger partial charge is 0.388 e. The van der Waals surface area contributed by atoms with Crippen LogP contribution in [-0.4, -0.2) is 41.3 Å². The van der Waals surface area contributed by atoms with E-state index < -0.39 is 23.7 Å². The molecule has 2 unspecified atom stereocenters. The molecule has 1 saturated heterocycles. The molecule has 1 aromatic carbocycles. The number of carboxylic acids is 1. The standard InChI is InChI=1S/C20H21NO4S/c1-2-11-21(19(23)18(22)16-9-6-13-26-16)12-10-15(17(21)20(24)25)14-7-4-3-5-8-14/h3-9,13,15,17H,2,10-12H2,1H3/t15?,17-,21?/m0/s1. The lowest BCUT2D eigenvalue weighted by Gasteiger charge is -2.38. The molecule has 1 aliphatic rings. The molecule has 3 atom stereocenters. The molecule has 2 heterocycles. The van der Waals surface area contributed by atoms with E-state index in [1.807, 2.05) is 37.3 Å². The molecule has 0 radical (unpaired) electrons. The number of carboxylic acid groups (broad SMARTS) is 1. The molecule has 5 nitrogen and oxygen atoms in total. The number of nitrogens with zero attached hydrogens (tertiary/aromatic N) is 1. The van der Waals surface area contributed by atoms with Crippen molar-refractivity contribution in [3.05, 3.63) is 58.3 Å². The highest BCUT2D eigenvalue weighted by Crippen LogP contribution is 2.40. The Morgan fingerprint density at radius 2 is 1.88 bits per heavy atom. The number of likely N-dealkylation sites (tertiary alicyclic amines) is 1. The van der Waals surface area contributed by atoms with Gasteiger partial charge in [-0.2, -0.15) is 0 Å². The van der Waals surface area contributed by atoms with Crippen molar-refractivity contribution in [2.45, 2.75) is 31.7 Å². The Labute approximate surface area is 156 Å². The van der Waals surface area contributed by atoms with Crippen LogP contribution in [0.15, 0.2) is 47.8 Å². The summed E-state index contributed by atoms with van der Waals surface area (Å²) in [4.78, 5) is 38.4. The molecule has 2 aromatic rings. The number of quaternary nitrogens is 1. The number of hydrogen-bond acceptors (Lipinski definition) is 5. The minimum atomic E-state index is -1.27. The summed E-state index contributed by atoms with van der Waals surface area (Å²) in [5.74, 6) is -2.85. The van der Waals surface area contributed by atoms with Crippen molar-refractivity contribution in [2.24, 2.45) is 0 Å². The number of hydrogen-bond donors (Lipinski definition) is 0. The van der Waals surface area contributed by atoms with Crippen LogP contribution in [0.4, 0.5) is 0 Å². The molecular weight excluding hydrogens is 350 g/mol. The largest absolute Gasteiger partial charge is 0.544 e. The number of carbonyl (C=O) groups is 3. The quantitative estimate of drug-likeness (QED) is 0.442. The van der Waals surface area contributed by atoms with Gasteiger partial charge in [-0.15, -0.1) is 11.3 Å². The second-order valence-corrected chi connectivity index (χ2v) is 7.61. The molecule has 136 valence electrons. The van der Waals surface area contributed by atoms with Gasteiger partial charge in [0.15, 0.2) is 0 Å². The molecular formula is C20H21NO4S. The van der Waals surface area contributed by atoms with Crippen molar-refractivity contribution in [1.29, 1.82) is 0 Å². The van der Waals surface area contributed by atoms with Crippen molar-refractivity contribution in [1.82, 2.24) is 0 Å². The van der Waals surface area contributed by atoms with Gasteiger partial charge >= 0.3 is 5.91 Å². The summed E-state index contributed by atoms with van der Waals surface area (Å²) in [6.07, 6.45) is 1.14. The van der Waals surface area contributed by atoms with Crippen LogP contribution in [0.3, 0.4) is 0 Å². The van der Waals surface area contributed by atoms with Gasteiger partial charge in [-0.25, -0.2) is 9.28 Å². The Hall–Kier alpha value is -2.31. The van der Waals surface area contributed by atoms with Gasteiger partial charge in [0.25, 0.3) is 5.78 Å². The highest BCUT2D eigenvalue weighted by atomic mass is 32.1. The van der Waals surface area contributed by atoms with Crippen LogP contribution >= 0.6 is 11.3 Å². The molecule has 0 saturated carbocycles. The third-order valence-electron chi connectivity index (χ3n) is 5.19. The number of rotatable bonds is 6. The number of carbonyl (C=O) groups excluding carboxylic acids is 3. The fourth-order valence-corrected chi connectivity index (χ4v) is 4.78. The molecule has 26 heavy (non-hydrogen) atoms. The van der Waals surface area contributed by atoms with Gasteiger partial charge in [0.1, 0.15) is 12.0 Å². The normalized spacial score (nSPS) is 25.1. The number of thiophene rings is 1. The van der Waals surface area contributed by atoms with Gasteiger partial charge in [0, 0.05) is 12.3 Å². The molecule has 1 amide bonds. The zero-order valence-corrected chi connectivity index (χ0v) is 15.4. The van der Waals surface area contributed by atoms with Crippen molar-refractivity contribution in [2.75, 3.05) is 13.1 Å². The summed E-state index contributed by atoms with van der Waals surface area (Å²) in [6, 6.07) is 11.6. The van der Waals surface area contributed by atoms with E-state index in [1.54, 1.807) is 17.5 Å². The first-order valence-corrected chi connectivity index (χ1v) is 9.64. The average Bonchev–Trinajstić information content (AvgIpc) is 3.30. The minimum absolute atomic E-state index is 0.317. The van der Waals surface area contributed by atoms with Crippen LogP contribution in [0, 0.1) is 0 Å². The number of amides is 1. The average molecular weight is 371 g/mol. The molecule has 0 aliphatic carbocycles. The Morgan fingerprint density at radius 1 is 1.15 bits per heavy atom. The predicted molar refractivity (Wildman–Crippen MR) is 96.5 cm³/mol. The highest BCUT2D eigenvalue weighted by molar-refractivity contribution is 7.12. The van der Waals surface area contributed by atoms with Gasteiger partial charge < -0.3 is 9.90 Å². The van der Waals surface area contributed by atoms with E-state index in [0.717, 1.165) is 5.56 Å². The maximum Gasteiger partial charge on any atom is 0.388 e. The maximum absolute atomic E-state index is 13.2. The minimum Gasteiger partial charge on any atom is -0.544 e. The van der Waals surface area contributed by atoms with Gasteiger partial charge in [-0.3, -0.25) is 4.79 Å². The first-order chi connectivity index (χ1) is 12.5. The summed E-state index contributed by atoms with van der Waals surface area (Å²) >= 11 is 1.20. The monoisotopic (exact) mass is 371 g/mol. The number of ketones is 1. The van der Waals surface area contributed by atoms with E-state index >= 15 is 0 Å². The first-order valence-electron chi connectivity index (χ1n) is 8.76. The van der Waals surface area contributed by atoms with E-state index in [9.17, 15) is 19.5 Å². The molecule has 1 fully saturated rings. The van der Waals surface area contributed by atoms with Gasteiger partial charge in [0.05, 0.1) is 18.0 Å². The molecule has 0 N–H and O–H groups in total. The van der Waals surface area contributed by atoms with Crippen LogP contribution in [-0.2, 0) is 9.59 Å². The lowest BCUT2D eigenvalue weighted by atomic mass is 9.91. The lowest BCUT2D eigenvalue weighted by Crippen LogP contribution is -2.64. The van der Waals surface area contributed by atoms with Crippen molar-refractivity contribution in [3.63, 3.8) is 0 Å². The summed E-state index contributed by atoms with van der Waals surface area (Å²) < 4.78 is -0.352. The van der Waals surface area contributed by atoms with Crippen LogP contribution in [0.25, 0.3) is 0 Å². The predicted octanol–water partition coefficient (Wildman–Crippen LogP) is 1.99. The van der Waals surface area contributed by atoms with Crippen LogP contribution < -0.4 is 5.11 Å². The molecule has 3 rings (SSSR count). The van der Waals surface area contributed by atoms with Crippen LogP contribution in [0.1, 0.15) is 40.9 Å². The molecule has 0 bridgehead atoms. The van der Waals surface area contributed by atoms with E-state index in [0.29, 0.717) is 30.8 Å². The lowest BCUT2D eigenvalue weighted by molar-refractivity contribution is -0.857. The third-order valence-corrected chi connectivity index (χ3v) is 6.06. The highest BCUT2D eigenvalue weighted by Gasteiger charge is 2.56. The Kier molecular flexibility index (Phi) is 5.34. The zero-order chi connectivity index (χ0) is 18.7. The first kappa shape index (κ1) is 18.5. The Morgan fingerprint density at radius 3 is 2.46 bits per heavy atom. The maximum atomic E-state index is 13.2. The summed E-state index contributed by atoms with van der Waals surface area (Å²) in [7, 11) is 0. The fourth-order valence-electron chi connectivity index (χ4n) is 4.12. The fraction of sp³-hybridized carbons (Fsp3) is 0.350. The van der Waals surface area contributed by atoms with Crippen molar-refractivity contribution in [3.8, 4) is 0 Å². The molecule has 6 heteroatoms. The molecule has 1 aromatic heterocycles. The second kappa shape index (κ2) is 7.51. The van der Waals surface area contributed by atoms with E-state index in [2.05, 4.69) is 0 Å². The SMILES string of the molecule is CCC[N+]1(C(=O)C(=O)c2cccs2)CCC(c2ccccc2)[C@H]1C(=O)[O-]. The summed E-state index contributed by atoms with van der Waals surface area (Å²) in [5.41, 5.74) is 0.870. The second-order valence-electron chi connectivity index (χ2n) is 6.66. The number of benzene rings is 1. The molecule has 0 spiro atoms. The Balaban J connectivity index is 2.03.